The quantitative estimate of drug-likeness (QED) is 0.350. The summed E-state index contributed by atoms with van der Waals surface area (Å²) in [4.78, 5) is 16.9. The molecule has 0 radical (unpaired) electrons. The Kier molecular flexibility index (Phi) is 7.28. The van der Waals surface area contributed by atoms with Crippen LogP contribution in [0.15, 0.2) is 78.9 Å². The van der Waals surface area contributed by atoms with Gasteiger partial charge < -0.3 is 10.2 Å². The summed E-state index contributed by atoms with van der Waals surface area (Å²) in [5.41, 5.74) is 4.92. The molecule has 1 N–H and O–H groups in total. The summed E-state index contributed by atoms with van der Waals surface area (Å²) in [7, 11) is 0. The van der Waals surface area contributed by atoms with E-state index in [1.807, 2.05) is 72.3 Å². The van der Waals surface area contributed by atoms with Gasteiger partial charge in [-0.05, 0) is 49.4 Å². The molecule has 37 heavy (non-hydrogen) atoms. The summed E-state index contributed by atoms with van der Waals surface area (Å²) >= 11 is 0. The Labute approximate surface area is 215 Å². The second-order valence-corrected chi connectivity index (χ2v) is 9.13. The summed E-state index contributed by atoms with van der Waals surface area (Å²) in [6, 6.07) is 22.6. The average molecular weight is 502 g/mol. The van der Waals surface area contributed by atoms with Crippen LogP contribution in [0.25, 0.3) is 5.69 Å². The van der Waals surface area contributed by atoms with Gasteiger partial charge in [-0.2, -0.15) is 5.10 Å². The topological polar surface area (TPSA) is 53.4 Å². The smallest absolute Gasteiger partial charge is 0.319 e. The molecule has 0 saturated heterocycles. The van der Waals surface area contributed by atoms with Gasteiger partial charge in [-0.1, -0.05) is 36.4 Å². The van der Waals surface area contributed by atoms with Crippen molar-refractivity contribution in [2.75, 3.05) is 18.4 Å². The Morgan fingerprint density at radius 1 is 1.03 bits per heavy atom. The van der Waals surface area contributed by atoms with Crippen molar-refractivity contribution in [1.29, 1.82) is 0 Å². The first-order chi connectivity index (χ1) is 18.0. The van der Waals surface area contributed by atoms with Gasteiger partial charge >= 0.3 is 6.03 Å². The first-order valence-corrected chi connectivity index (χ1v) is 12.4. The molecule has 0 bridgehead atoms. The number of amides is 2. The van der Waals surface area contributed by atoms with Gasteiger partial charge in [0, 0.05) is 49.4 Å². The lowest BCUT2D eigenvalue weighted by Crippen LogP contribution is -2.35. The van der Waals surface area contributed by atoms with Gasteiger partial charge in [0.1, 0.15) is 11.6 Å². The van der Waals surface area contributed by atoms with E-state index in [1.54, 1.807) is 4.90 Å². The Hall–Kier alpha value is -4.04. The molecule has 0 unspecified atom stereocenters. The van der Waals surface area contributed by atoms with Gasteiger partial charge in [-0.3, -0.25) is 4.90 Å². The second-order valence-electron chi connectivity index (χ2n) is 9.13. The number of nitrogens with one attached hydrogen (secondary N) is 1. The van der Waals surface area contributed by atoms with Crippen molar-refractivity contribution in [3.05, 3.63) is 113 Å². The highest BCUT2D eigenvalue weighted by atomic mass is 19.1. The summed E-state index contributed by atoms with van der Waals surface area (Å²) < 4.78 is 30.1. The van der Waals surface area contributed by atoms with Crippen LogP contribution < -0.4 is 5.32 Å². The molecule has 190 valence electrons. The molecule has 0 fully saturated rings. The minimum Gasteiger partial charge on any atom is -0.319 e. The van der Waals surface area contributed by atoms with Crippen LogP contribution in [0.1, 0.15) is 29.4 Å². The lowest BCUT2D eigenvalue weighted by atomic mass is 10.0. The maximum absolute atomic E-state index is 14.3. The third-order valence-corrected chi connectivity index (χ3v) is 6.66. The molecule has 2 heterocycles. The van der Waals surface area contributed by atoms with Crippen LogP contribution in [-0.4, -0.2) is 38.7 Å². The Bertz CT molecular complexity index is 1370. The van der Waals surface area contributed by atoms with Crippen molar-refractivity contribution in [1.82, 2.24) is 19.6 Å². The van der Waals surface area contributed by atoms with E-state index in [0.29, 0.717) is 44.7 Å². The molecular formula is C29H29F2N5O. The molecule has 0 aliphatic carbocycles. The minimum atomic E-state index is -0.449. The summed E-state index contributed by atoms with van der Waals surface area (Å²) in [6.45, 7) is 4.29. The number of rotatable bonds is 7. The van der Waals surface area contributed by atoms with Gasteiger partial charge in [0.05, 0.1) is 23.6 Å². The number of aromatic nitrogens is 2. The van der Waals surface area contributed by atoms with Crippen molar-refractivity contribution in [2.45, 2.75) is 33.0 Å². The van der Waals surface area contributed by atoms with Crippen molar-refractivity contribution in [3.63, 3.8) is 0 Å². The first-order valence-electron chi connectivity index (χ1n) is 12.4. The third kappa shape index (κ3) is 5.54. The zero-order chi connectivity index (χ0) is 25.8. The highest BCUT2D eigenvalue weighted by Crippen LogP contribution is 2.28. The maximum atomic E-state index is 14.3. The van der Waals surface area contributed by atoms with E-state index in [1.165, 1.54) is 12.1 Å². The lowest BCUT2D eigenvalue weighted by Gasteiger charge is -2.28. The van der Waals surface area contributed by atoms with E-state index < -0.39 is 11.6 Å². The van der Waals surface area contributed by atoms with Gasteiger partial charge in [0.2, 0.25) is 0 Å². The maximum Gasteiger partial charge on any atom is 0.322 e. The molecule has 3 aromatic carbocycles. The average Bonchev–Trinajstić information content (AvgIpc) is 3.28. The molecular weight excluding hydrogens is 472 g/mol. The SMILES string of the molecule is CCN(Cc1nn(-c2ccccc2)c2c1CN(Cc1cc(F)ccc1F)CC2)C(=O)Nc1ccccc1. The van der Waals surface area contributed by atoms with Crippen molar-refractivity contribution in [3.8, 4) is 5.69 Å². The highest BCUT2D eigenvalue weighted by Gasteiger charge is 2.28. The number of carbonyl (C=O) groups excluding carboxylic acids is 1. The molecule has 4 aromatic rings. The molecule has 0 atom stereocenters. The fourth-order valence-corrected chi connectivity index (χ4v) is 4.72. The van der Waals surface area contributed by atoms with Crippen LogP contribution in [0, 0.1) is 11.6 Å². The van der Waals surface area contributed by atoms with E-state index in [9.17, 15) is 13.6 Å². The summed E-state index contributed by atoms with van der Waals surface area (Å²) in [6.07, 6.45) is 0.705. The summed E-state index contributed by atoms with van der Waals surface area (Å²) in [5.74, 6) is -0.864. The number of hydrogen-bond donors (Lipinski definition) is 1. The normalized spacial score (nSPS) is 13.3. The molecule has 1 aromatic heterocycles. The van der Waals surface area contributed by atoms with E-state index in [2.05, 4.69) is 10.2 Å². The molecule has 6 nitrogen and oxygen atoms in total. The van der Waals surface area contributed by atoms with Gasteiger partial charge in [0.25, 0.3) is 0 Å². The monoisotopic (exact) mass is 501 g/mol. The highest BCUT2D eigenvalue weighted by molar-refractivity contribution is 5.89. The number of benzene rings is 3. The third-order valence-electron chi connectivity index (χ3n) is 6.66. The van der Waals surface area contributed by atoms with E-state index in [-0.39, 0.29) is 6.03 Å². The second kappa shape index (κ2) is 10.9. The number of urea groups is 1. The largest absolute Gasteiger partial charge is 0.322 e. The Morgan fingerprint density at radius 3 is 2.49 bits per heavy atom. The number of fused-ring (bicyclic) bond motifs is 1. The Balaban J connectivity index is 1.43. The van der Waals surface area contributed by atoms with Crippen LogP contribution in [0.5, 0.6) is 0 Å². The lowest BCUT2D eigenvalue weighted by molar-refractivity contribution is 0.210. The molecule has 0 saturated carbocycles. The molecule has 5 rings (SSSR count). The Morgan fingerprint density at radius 2 is 1.76 bits per heavy atom. The number of para-hydroxylation sites is 2. The number of nitrogens with zero attached hydrogens (tertiary/aromatic N) is 4. The van der Waals surface area contributed by atoms with Crippen LogP contribution in [-0.2, 0) is 26.1 Å². The van der Waals surface area contributed by atoms with Crippen molar-refractivity contribution >= 4 is 11.7 Å². The minimum absolute atomic E-state index is 0.203. The zero-order valence-corrected chi connectivity index (χ0v) is 20.7. The van der Waals surface area contributed by atoms with Crippen LogP contribution in [0.4, 0.5) is 19.3 Å². The molecule has 2 amide bonds. The molecule has 1 aliphatic rings. The van der Waals surface area contributed by atoms with E-state index in [0.717, 1.165) is 34.4 Å². The van der Waals surface area contributed by atoms with Crippen molar-refractivity contribution < 1.29 is 13.6 Å². The zero-order valence-electron chi connectivity index (χ0n) is 20.7. The fourth-order valence-electron chi connectivity index (χ4n) is 4.72. The van der Waals surface area contributed by atoms with Crippen molar-refractivity contribution in [2.24, 2.45) is 0 Å². The van der Waals surface area contributed by atoms with Crippen LogP contribution >= 0.6 is 0 Å². The van der Waals surface area contributed by atoms with E-state index in [4.69, 9.17) is 5.10 Å². The predicted molar refractivity (Wildman–Crippen MR) is 139 cm³/mol. The van der Waals surface area contributed by atoms with Crippen LogP contribution in [0.2, 0.25) is 0 Å². The number of hydrogen-bond acceptors (Lipinski definition) is 3. The molecule has 1 aliphatic heterocycles. The number of anilines is 1. The summed E-state index contributed by atoms with van der Waals surface area (Å²) in [5, 5.41) is 7.90. The standard InChI is InChI=1S/C29H29F2N5O/c1-2-35(29(37)32-23-9-5-3-6-10-23)20-27-25-19-34(18-21-17-22(30)13-14-26(21)31)16-15-28(25)36(33-27)24-11-7-4-8-12-24/h3-14,17H,2,15-16,18-20H2,1H3,(H,32,37). The fraction of sp³-hybridized carbons (Fsp3) is 0.241. The predicted octanol–water partition coefficient (Wildman–Crippen LogP) is 5.76. The number of carbonyl (C=O) groups is 1. The van der Waals surface area contributed by atoms with E-state index >= 15 is 0 Å². The van der Waals surface area contributed by atoms with Gasteiger partial charge in [0.15, 0.2) is 0 Å². The van der Waals surface area contributed by atoms with Crippen LogP contribution in [0.3, 0.4) is 0 Å². The molecule has 0 spiro atoms. The molecule has 8 heteroatoms. The van der Waals surface area contributed by atoms with Gasteiger partial charge in [-0.15, -0.1) is 0 Å². The first kappa shape index (κ1) is 24.6. The number of halogens is 2. The van der Waals surface area contributed by atoms with Gasteiger partial charge in [-0.25, -0.2) is 18.3 Å².